The normalized spacial score (nSPS) is 23.2. The molecule has 2 aliphatic heterocycles. The van der Waals surface area contributed by atoms with Crippen molar-refractivity contribution < 1.29 is 4.79 Å². The molecule has 0 saturated heterocycles. The van der Waals surface area contributed by atoms with Crippen LogP contribution in [0.4, 0.5) is 0 Å². The Balaban J connectivity index is 1.65. The summed E-state index contributed by atoms with van der Waals surface area (Å²) in [5.74, 6) is 0.655. The van der Waals surface area contributed by atoms with Gasteiger partial charge in [0.2, 0.25) is 5.91 Å². The maximum atomic E-state index is 13.4. The summed E-state index contributed by atoms with van der Waals surface area (Å²) in [5.41, 5.74) is 3.92. The number of aromatic nitrogens is 3. The Morgan fingerprint density at radius 1 is 0.966 bits per heavy atom. The topological polar surface area (TPSA) is 71.0 Å². The van der Waals surface area contributed by atoms with Gasteiger partial charge in [-0.2, -0.15) is 0 Å². The zero-order valence-corrected chi connectivity index (χ0v) is 16.2. The van der Waals surface area contributed by atoms with E-state index in [1.165, 1.54) is 10.9 Å². The number of H-pyrrole nitrogens is 1. The molecule has 144 valence electrons. The minimum atomic E-state index is -0.570. The van der Waals surface area contributed by atoms with Crippen molar-refractivity contribution in [2.75, 3.05) is 0 Å². The van der Waals surface area contributed by atoms with E-state index in [0.29, 0.717) is 23.1 Å². The molecule has 0 radical (unpaired) electrons. The summed E-state index contributed by atoms with van der Waals surface area (Å²) in [4.78, 5) is 36.9. The van der Waals surface area contributed by atoms with Crippen molar-refractivity contribution in [2.24, 2.45) is 0 Å². The molecule has 0 bridgehead atoms. The van der Waals surface area contributed by atoms with E-state index in [1.807, 2.05) is 35.2 Å². The fraction of sp³-hybridized carbons (Fsp3) is 0.261. The van der Waals surface area contributed by atoms with Gasteiger partial charge in [0.15, 0.2) is 0 Å². The van der Waals surface area contributed by atoms with Crippen molar-refractivity contribution >= 4 is 27.7 Å². The molecular weight excluding hydrogens is 364 g/mol. The van der Waals surface area contributed by atoms with Crippen LogP contribution < -0.4 is 5.56 Å². The summed E-state index contributed by atoms with van der Waals surface area (Å²) in [6.45, 7) is 3.85. The number of para-hydroxylation sites is 2. The smallest absolute Gasteiger partial charge is 0.262 e. The van der Waals surface area contributed by atoms with Gasteiger partial charge < -0.3 is 9.88 Å². The van der Waals surface area contributed by atoms with Gasteiger partial charge in [-0.05, 0) is 37.6 Å². The molecular formula is C23H20N4O2. The van der Waals surface area contributed by atoms with Gasteiger partial charge in [-0.25, -0.2) is 4.98 Å². The van der Waals surface area contributed by atoms with Crippen molar-refractivity contribution in [3.63, 3.8) is 0 Å². The Bertz CT molecular complexity index is 1380. The molecule has 2 aromatic heterocycles. The predicted molar refractivity (Wildman–Crippen MR) is 111 cm³/mol. The second-order valence-electron chi connectivity index (χ2n) is 8.04. The van der Waals surface area contributed by atoms with E-state index in [2.05, 4.69) is 24.0 Å². The number of aromatic amines is 1. The van der Waals surface area contributed by atoms with Crippen molar-refractivity contribution in [3.05, 3.63) is 76.0 Å². The fourth-order valence-corrected chi connectivity index (χ4v) is 5.16. The van der Waals surface area contributed by atoms with Crippen LogP contribution in [0.3, 0.4) is 0 Å². The average molecular weight is 384 g/mol. The van der Waals surface area contributed by atoms with Gasteiger partial charge in [0.25, 0.3) is 5.56 Å². The van der Waals surface area contributed by atoms with E-state index in [1.54, 1.807) is 17.6 Å². The second kappa shape index (κ2) is 5.56. The zero-order chi connectivity index (χ0) is 19.9. The second-order valence-corrected chi connectivity index (χ2v) is 8.04. The highest BCUT2D eigenvalue weighted by Gasteiger charge is 2.46. The van der Waals surface area contributed by atoms with Gasteiger partial charge in [-0.1, -0.05) is 30.3 Å². The van der Waals surface area contributed by atoms with Crippen LogP contribution in [0.1, 0.15) is 49.1 Å². The van der Waals surface area contributed by atoms with Crippen LogP contribution in [-0.4, -0.2) is 25.3 Å². The zero-order valence-electron chi connectivity index (χ0n) is 16.2. The largest absolute Gasteiger partial charge is 0.356 e. The molecule has 3 atom stereocenters. The number of amides is 1. The summed E-state index contributed by atoms with van der Waals surface area (Å²) in [7, 11) is 0. The summed E-state index contributed by atoms with van der Waals surface area (Å²) < 4.78 is 1.61. The molecule has 0 fully saturated rings. The van der Waals surface area contributed by atoms with Gasteiger partial charge in [0, 0.05) is 23.0 Å². The predicted octanol–water partition coefficient (Wildman–Crippen LogP) is 3.64. The maximum Gasteiger partial charge on any atom is 0.262 e. The number of hydrogen-bond acceptors (Lipinski definition) is 3. The number of carbonyl (C=O) groups is 1. The van der Waals surface area contributed by atoms with Crippen LogP contribution in [-0.2, 0) is 11.2 Å². The molecule has 6 rings (SSSR count). The van der Waals surface area contributed by atoms with E-state index < -0.39 is 6.04 Å². The molecule has 0 unspecified atom stereocenters. The van der Waals surface area contributed by atoms with Crippen molar-refractivity contribution in [1.82, 2.24) is 19.4 Å². The molecule has 29 heavy (non-hydrogen) atoms. The molecule has 6 heteroatoms. The molecule has 0 aliphatic carbocycles. The third-order valence-electron chi connectivity index (χ3n) is 6.55. The first kappa shape index (κ1) is 16.5. The van der Waals surface area contributed by atoms with E-state index in [0.717, 1.165) is 11.2 Å². The molecule has 4 aromatic rings. The monoisotopic (exact) mass is 384 g/mol. The van der Waals surface area contributed by atoms with E-state index >= 15 is 0 Å². The van der Waals surface area contributed by atoms with Gasteiger partial charge in [0.05, 0.1) is 23.0 Å². The number of benzene rings is 2. The Morgan fingerprint density at radius 3 is 2.52 bits per heavy atom. The highest BCUT2D eigenvalue weighted by atomic mass is 16.2. The molecule has 0 spiro atoms. The van der Waals surface area contributed by atoms with E-state index in [9.17, 15) is 9.59 Å². The lowest BCUT2D eigenvalue weighted by Gasteiger charge is -2.45. The first-order chi connectivity index (χ1) is 14.1. The van der Waals surface area contributed by atoms with Crippen LogP contribution in [0.15, 0.2) is 53.3 Å². The Morgan fingerprint density at radius 2 is 1.69 bits per heavy atom. The highest BCUT2D eigenvalue weighted by Crippen LogP contribution is 2.45. The molecule has 1 N–H and O–H groups in total. The van der Waals surface area contributed by atoms with Crippen molar-refractivity contribution in [1.29, 1.82) is 0 Å². The number of fused-ring (bicyclic) bond motifs is 7. The molecule has 0 saturated carbocycles. The third-order valence-corrected chi connectivity index (χ3v) is 6.55. The lowest BCUT2D eigenvalue weighted by atomic mass is 9.89. The number of rotatable bonds is 0. The van der Waals surface area contributed by atoms with Crippen LogP contribution in [0.5, 0.6) is 0 Å². The van der Waals surface area contributed by atoms with Gasteiger partial charge >= 0.3 is 0 Å². The average Bonchev–Trinajstić information content (AvgIpc) is 3.11. The quantitative estimate of drug-likeness (QED) is 0.503. The lowest BCUT2D eigenvalue weighted by Crippen LogP contribution is -2.52. The molecule has 4 heterocycles. The highest BCUT2D eigenvalue weighted by molar-refractivity contribution is 5.88. The fourth-order valence-electron chi connectivity index (χ4n) is 5.16. The number of nitrogens with one attached hydrogen (secondary N) is 1. The van der Waals surface area contributed by atoms with Crippen LogP contribution in [0, 0.1) is 0 Å². The summed E-state index contributed by atoms with van der Waals surface area (Å²) in [6.07, 6.45) is 0.646. The summed E-state index contributed by atoms with van der Waals surface area (Å²) >= 11 is 0. The first-order valence-electron chi connectivity index (χ1n) is 9.99. The van der Waals surface area contributed by atoms with Crippen molar-refractivity contribution in [2.45, 2.75) is 38.4 Å². The number of nitrogens with zero attached hydrogens (tertiary/aromatic N) is 3. The van der Waals surface area contributed by atoms with Crippen LogP contribution in [0.2, 0.25) is 0 Å². The third kappa shape index (κ3) is 2.03. The Labute approximate surface area is 166 Å². The van der Waals surface area contributed by atoms with Gasteiger partial charge in [0.1, 0.15) is 11.9 Å². The Kier molecular flexibility index (Phi) is 3.17. The van der Waals surface area contributed by atoms with Crippen molar-refractivity contribution in [3.8, 4) is 0 Å². The molecule has 2 aromatic carbocycles. The standard InChI is InChI=1S/C23H20N4O2/c1-12-20-16(14-7-3-5-9-17(14)24-20)11-19-21-25-18-10-6-4-8-15(18)23(29)27(21)13(2)22(28)26(12)19/h3-10,12-13,19,24H,11H2,1-2H3/t12-,13-,19+/m1/s1. The molecule has 2 aliphatic rings. The lowest BCUT2D eigenvalue weighted by molar-refractivity contribution is -0.143. The molecule has 1 amide bonds. The number of carbonyl (C=O) groups excluding carboxylic acids is 1. The van der Waals surface area contributed by atoms with Gasteiger partial charge in [-0.3, -0.25) is 14.2 Å². The maximum absolute atomic E-state index is 13.4. The van der Waals surface area contributed by atoms with Crippen LogP contribution in [0.25, 0.3) is 21.8 Å². The Hall–Kier alpha value is -3.41. The summed E-state index contributed by atoms with van der Waals surface area (Å²) in [6, 6.07) is 14.7. The molecule has 6 nitrogen and oxygen atoms in total. The van der Waals surface area contributed by atoms with E-state index in [-0.39, 0.29) is 23.6 Å². The SMILES string of the molecule is C[C@@H]1c2[nH]c3ccccc3c2C[C@H]2c3nc4ccccc4c(=O)n3[C@H](C)C(=O)N12. The minimum Gasteiger partial charge on any atom is -0.356 e. The summed E-state index contributed by atoms with van der Waals surface area (Å²) in [5, 5.41) is 1.73. The van der Waals surface area contributed by atoms with E-state index in [4.69, 9.17) is 4.98 Å². The van der Waals surface area contributed by atoms with Gasteiger partial charge in [-0.15, -0.1) is 0 Å². The first-order valence-corrected chi connectivity index (χ1v) is 9.99. The number of hydrogen-bond donors (Lipinski definition) is 1. The van der Waals surface area contributed by atoms with Crippen LogP contribution >= 0.6 is 0 Å². The minimum absolute atomic E-state index is 0.0292.